The van der Waals surface area contributed by atoms with Crippen LogP contribution in [0.3, 0.4) is 0 Å². The molecule has 1 heterocycles. The second-order valence-corrected chi connectivity index (χ2v) is 8.06. The van der Waals surface area contributed by atoms with E-state index in [1.54, 1.807) is 0 Å². The number of hydrogen-bond acceptors (Lipinski definition) is 2. The summed E-state index contributed by atoms with van der Waals surface area (Å²) in [5.74, 6) is 3.36. The first-order valence-corrected chi connectivity index (χ1v) is 10.0. The van der Waals surface area contributed by atoms with Crippen molar-refractivity contribution in [1.29, 1.82) is 0 Å². The first kappa shape index (κ1) is 20.0. The minimum atomic E-state index is 0.719. The van der Waals surface area contributed by atoms with Crippen LogP contribution in [0.5, 0.6) is 0 Å². The third-order valence-electron chi connectivity index (χ3n) is 5.97. The molecule has 1 fully saturated rings. The summed E-state index contributed by atoms with van der Waals surface area (Å²) < 4.78 is 0. The van der Waals surface area contributed by atoms with Gasteiger partial charge in [-0.05, 0) is 69.0 Å². The molecule has 3 unspecified atom stereocenters. The summed E-state index contributed by atoms with van der Waals surface area (Å²) in [6.07, 6.45) is 13.8. The fourth-order valence-corrected chi connectivity index (χ4v) is 3.73. The van der Waals surface area contributed by atoms with Crippen LogP contribution in [-0.2, 0) is 0 Å². The van der Waals surface area contributed by atoms with E-state index in [2.05, 4.69) is 26.1 Å². The maximum absolute atomic E-state index is 5.98. The molecule has 0 aromatic heterocycles. The van der Waals surface area contributed by atoms with Crippen LogP contribution in [-0.4, -0.2) is 19.6 Å². The highest BCUT2D eigenvalue weighted by Gasteiger charge is 2.15. The second-order valence-electron chi connectivity index (χ2n) is 8.06. The Labute approximate surface area is 140 Å². The highest BCUT2D eigenvalue weighted by molar-refractivity contribution is 4.69. The quantitative estimate of drug-likeness (QED) is 0.717. The summed E-state index contributed by atoms with van der Waals surface area (Å²) in [5.41, 5.74) is 5.98. The molecule has 0 radical (unpaired) electrons. The van der Waals surface area contributed by atoms with E-state index >= 15 is 0 Å². The number of nitrogens with two attached hydrogens (primary N) is 1. The first-order valence-electron chi connectivity index (χ1n) is 10.0. The lowest BCUT2D eigenvalue weighted by molar-refractivity contribution is 0.299. The standard InChI is InChI=1S/C20H42N2/c1-17-8-5-4-6-10-18(2)19(3)11-12-20(16-21)13-15-22-14-7-9-17/h17-20,22H,4-16,21H2,1-3H3/t17?,18-,19?,20?/m0/s1. The Morgan fingerprint density at radius 3 is 2.18 bits per heavy atom. The van der Waals surface area contributed by atoms with Gasteiger partial charge in [-0.3, -0.25) is 0 Å². The van der Waals surface area contributed by atoms with Gasteiger partial charge in [-0.15, -0.1) is 0 Å². The Morgan fingerprint density at radius 1 is 0.727 bits per heavy atom. The Kier molecular flexibility index (Phi) is 11.2. The van der Waals surface area contributed by atoms with Crippen molar-refractivity contribution in [2.45, 2.75) is 85.0 Å². The fourth-order valence-electron chi connectivity index (χ4n) is 3.73. The number of nitrogens with one attached hydrogen (secondary N) is 1. The molecule has 4 atom stereocenters. The van der Waals surface area contributed by atoms with Gasteiger partial charge in [-0.2, -0.15) is 0 Å². The van der Waals surface area contributed by atoms with E-state index in [9.17, 15) is 0 Å². The lowest BCUT2D eigenvalue weighted by Gasteiger charge is -2.22. The average molecular weight is 311 g/mol. The molecule has 0 aliphatic carbocycles. The Morgan fingerprint density at radius 2 is 1.41 bits per heavy atom. The van der Waals surface area contributed by atoms with Crippen LogP contribution in [0, 0.1) is 23.7 Å². The SMILES string of the molecule is CC1CCCCC[C@H](C)C(C)CCC(CN)CCNCCC1. The van der Waals surface area contributed by atoms with Crippen LogP contribution in [0.15, 0.2) is 0 Å². The van der Waals surface area contributed by atoms with Crippen molar-refractivity contribution in [2.75, 3.05) is 19.6 Å². The van der Waals surface area contributed by atoms with Crippen molar-refractivity contribution in [1.82, 2.24) is 5.32 Å². The summed E-state index contributed by atoms with van der Waals surface area (Å²) in [5, 5.41) is 3.63. The van der Waals surface area contributed by atoms with Crippen molar-refractivity contribution in [2.24, 2.45) is 29.4 Å². The number of hydrogen-bond donors (Lipinski definition) is 2. The third-order valence-corrected chi connectivity index (χ3v) is 5.97. The van der Waals surface area contributed by atoms with E-state index in [4.69, 9.17) is 5.73 Å². The van der Waals surface area contributed by atoms with E-state index in [0.717, 1.165) is 36.8 Å². The molecule has 1 rings (SSSR count). The highest BCUT2D eigenvalue weighted by atomic mass is 14.8. The zero-order valence-electron chi connectivity index (χ0n) is 15.6. The van der Waals surface area contributed by atoms with E-state index in [1.165, 1.54) is 70.8 Å². The Bertz CT molecular complexity index is 252. The van der Waals surface area contributed by atoms with E-state index in [-0.39, 0.29) is 0 Å². The molecule has 0 bridgehead atoms. The largest absolute Gasteiger partial charge is 0.330 e. The van der Waals surface area contributed by atoms with Crippen molar-refractivity contribution in [3.63, 3.8) is 0 Å². The van der Waals surface area contributed by atoms with Gasteiger partial charge in [-0.1, -0.05) is 59.3 Å². The first-order chi connectivity index (χ1) is 10.6. The molecule has 0 aromatic carbocycles. The molecule has 22 heavy (non-hydrogen) atoms. The van der Waals surface area contributed by atoms with Gasteiger partial charge in [0.25, 0.3) is 0 Å². The van der Waals surface area contributed by atoms with E-state index in [0.29, 0.717) is 0 Å². The average Bonchev–Trinajstić information content (AvgIpc) is 2.51. The maximum atomic E-state index is 5.98. The van der Waals surface area contributed by atoms with Gasteiger partial charge >= 0.3 is 0 Å². The smallest absolute Gasteiger partial charge is 0.00458 e. The van der Waals surface area contributed by atoms with Gasteiger partial charge in [0.15, 0.2) is 0 Å². The third kappa shape index (κ3) is 9.15. The lowest BCUT2D eigenvalue weighted by atomic mass is 9.84. The topological polar surface area (TPSA) is 38.0 Å². The molecule has 3 N–H and O–H groups in total. The van der Waals surface area contributed by atoms with Gasteiger partial charge in [0.05, 0.1) is 0 Å². The van der Waals surface area contributed by atoms with Crippen molar-refractivity contribution in [3.05, 3.63) is 0 Å². The van der Waals surface area contributed by atoms with Crippen LogP contribution in [0.1, 0.15) is 85.0 Å². The zero-order valence-corrected chi connectivity index (χ0v) is 15.6. The predicted molar refractivity (Wildman–Crippen MR) is 99.1 cm³/mol. The van der Waals surface area contributed by atoms with Crippen molar-refractivity contribution >= 4 is 0 Å². The highest BCUT2D eigenvalue weighted by Crippen LogP contribution is 2.25. The van der Waals surface area contributed by atoms with Gasteiger partial charge < -0.3 is 11.1 Å². The molecule has 1 aliphatic rings. The summed E-state index contributed by atoms with van der Waals surface area (Å²) in [4.78, 5) is 0. The number of rotatable bonds is 1. The van der Waals surface area contributed by atoms with Gasteiger partial charge in [-0.25, -0.2) is 0 Å². The minimum Gasteiger partial charge on any atom is -0.330 e. The molecule has 1 aliphatic heterocycles. The molecular formula is C20H42N2. The molecule has 1 saturated heterocycles. The molecule has 0 aromatic rings. The van der Waals surface area contributed by atoms with Crippen molar-refractivity contribution < 1.29 is 0 Å². The van der Waals surface area contributed by atoms with Crippen LogP contribution in [0.4, 0.5) is 0 Å². The molecular weight excluding hydrogens is 268 g/mol. The van der Waals surface area contributed by atoms with Crippen LogP contribution in [0.25, 0.3) is 0 Å². The summed E-state index contributed by atoms with van der Waals surface area (Å²) in [6.45, 7) is 10.5. The molecule has 0 amide bonds. The van der Waals surface area contributed by atoms with E-state index < -0.39 is 0 Å². The zero-order chi connectivity index (χ0) is 16.2. The molecule has 0 saturated carbocycles. The normalized spacial score (nSPS) is 34.9. The Balaban J connectivity index is 2.40. The van der Waals surface area contributed by atoms with Gasteiger partial charge in [0.2, 0.25) is 0 Å². The monoisotopic (exact) mass is 310 g/mol. The Hall–Kier alpha value is -0.0800. The molecule has 2 heteroatoms. The fraction of sp³-hybridized carbons (Fsp3) is 1.00. The summed E-state index contributed by atoms with van der Waals surface area (Å²) in [6, 6.07) is 0. The van der Waals surface area contributed by atoms with Gasteiger partial charge in [0, 0.05) is 0 Å². The van der Waals surface area contributed by atoms with Crippen molar-refractivity contribution in [3.8, 4) is 0 Å². The van der Waals surface area contributed by atoms with Gasteiger partial charge in [0.1, 0.15) is 0 Å². The van der Waals surface area contributed by atoms with Crippen LogP contribution in [0.2, 0.25) is 0 Å². The van der Waals surface area contributed by atoms with E-state index in [1.807, 2.05) is 0 Å². The molecule has 132 valence electrons. The maximum Gasteiger partial charge on any atom is -0.00458 e. The molecule has 0 spiro atoms. The summed E-state index contributed by atoms with van der Waals surface area (Å²) in [7, 11) is 0. The predicted octanol–water partition coefficient (Wildman–Crippen LogP) is 4.97. The molecule has 2 nitrogen and oxygen atoms in total. The lowest BCUT2D eigenvalue weighted by Crippen LogP contribution is -2.24. The second kappa shape index (κ2) is 12.4. The van der Waals surface area contributed by atoms with Crippen LogP contribution < -0.4 is 11.1 Å². The minimum absolute atomic E-state index is 0.719. The summed E-state index contributed by atoms with van der Waals surface area (Å²) >= 11 is 0. The van der Waals surface area contributed by atoms with Crippen LogP contribution >= 0.6 is 0 Å².